The summed E-state index contributed by atoms with van der Waals surface area (Å²) < 4.78 is 63.4. The number of rotatable bonds is 6. The van der Waals surface area contributed by atoms with Crippen LogP contribution < -0.4 is 0 Å². The topological polar surface area (TPSA) is 89.0 Å². The Balaban J connectivity index is 1.93. The fourth-order valence-electron chi connectivity index (χ4n) is 3.93. The fourth-order valence-corrected chi connectivity index (χ4v) is 3.93. The van der Waals surface area contributed by atoms with Crippen LogP contribution >= 0.6 is 0 Å². The first kappa shape index (κ1) is 27.9. The molecule has 2 aromatic rings. The van der Waals surface area contributed by atoms with Crippen molar-refractivity contribution in [1.82, 2.24) is 14.8 Å². The maximum absolute atomic E-state index is 14.3. The number of carbonyl (C=O) groups is 3. The van der Waals surface area contributed by atoms with Gasteiger partial charge in [0.05, 0.1) is 37.0 Å². The molecule has 0 N–H and O–H groups in total. The smallest absolute Gasteiger partial charge is 0.416 e. The molecule has 37 heavy (non-hydrogen) atoms. The zero-order valence-electron chi connectivity index (χ0n) is 20.7. The summed E-state index contributed by atoms with van der Waals surface area (Å²) in [7, 11) is 1.15. The highest BCUT2D eigenvalue weighted by Gasteiger charge is 2.41. The van der Waals surface area contributed by atoms with Crippen molar-refractivity contribution in [2.75, 3.05) is 13.7 Å². The monoisotopic (exact) mass is 525 g/mol. The molecule has 0 bridgehead atoms. The number of hydrogen-bond acceptors (Lipinski definition) is 6. The van der Waals surface area contributed by atoms with E-state index in [-0.39, 0.29) is 41.9 Å². The van der Waals surface area contributed by atoms with Crippen LogP contribution in [0.4, 0.5) is 22.4 Å². The van der Waals surface area contributed by atoms with Crippen LogP contribution in [-0.2, 0) is 27.0 Å². The minimum Gasteiger partial charge on any atom is -0.465 e. The molecule has 3 rings (SSSR count). The highest BCUT2D eigenvalue weighted by atomic mass is 19.4. The molecule has 2 heterocycles. The molecule has 12 heteroatoms. The van der Waals surface area contributed by atoms with E-state index in [2.05, 4.69) is 4.98 Å². The molecule has 8 nitrogen and oxygen atoms in total. The maximum Gasteiger partial charge on any atom is 0.416 e. The highest BCUT2D eigenvalue weighted by Crippen LogP contribution is 2.33. The first-order chi connectivity index (χ1) is 17.2. The van der Waals surface area contributed by atoms with E-state index in [1.54, 1.807) is 20.8 Å². The van der Waals surface area contributed by atoms with E-state index in [1.807, 2.05) is 0 Å². The Bertz CT molecular complexity index is 1150. The number of carbonyl (C=O) groups excluding carboxylic acids is 3. The molecule has 1 aromatic carbocycles. The zero-order chi connectivity index (χ0) is 27.5. The summed E-state index contributed by atoms with van der Waals surface area (Å²) >= 11 is 0. The second kappa shape index (κ2) is 10.7. The molecule has 1 aliphatic rings. The van der Waals surface area contributed by atoms with Crippen molar-refractivity contribution in [1.29, 1.82) is 0 Å². The van der Waals surface area contributed by atoms with E-state index < -0.39 is 41.7 Å². The number of hydrogen-bond donors (Lipinski definition) is 0. The standard InChI is InChI=1S/C25H27F4N3O5/c1-24(2,3)37-23(35)32-12-17(26)9-21(32)31(14-33)13-18-10-19(20(11-30-18)22(34)36-4)15-5-7-16(8-6-15)25(27,28)29/h5-8,10-11,14,17,21H,9,12-13H2,1-4H3. The Morgan fingerprint density at radius 3 is 2.38 bits per heavy atom. The van der Waals surface area contributed by atoms with Gasteiger partial charge in [0.25, 0.3) is 0 Å². The lowest BCUT2D eigenvalue weighted by Crippen LogP contribution is -2.48. The third-order valence-electron chi connectivity index (χ3n) is 5.60. The zero-order valence-corrected chi connectivity index (χ0v) is 20.7. The van der Waals surface area contributed by atoms with Crippen LogP contribution in [0.3, 0.4) is 0 Å². The molecule has 0 spiro atoms. The Morgan fingerprint density at radius 2 is 1.84 bits per heavy atom. The molecule has 2 atom stereocenters. The van der Waals surface area contributed by atoms with Gasteiger partial charge < -0.3 is 14.4 Å². The van der Waals surface area contributed by atoms with Gasteiger partial charge in [0, 0.05) is 12.6 Å². The van der Waals surface area contributed by atoms with Crippen LogP contribution in [0.25, 0.3) is 11.1 Å². The number of alkyl halides is 4. The molecule has 1 aliphatic heterocycles. The molecule has 1 saturated heterocycles. The molecule has 1 fully saturated rings. The SMILES string of the molecule is COC(=O)c1cnc(CN(C=O)C2CC(F)CN2C(=O)OC(C)(C)C)cc1-c1ccc(C(F)(F)F)cc1. The predicted octanol–water partition coefficient (Wildman–Crippen LogP) is 4.82. The molecule has 0 aliphatic carbocycles. The first-order valence-corrected chi connectivity index (χ1v) is 11.3. The molecule has 0 saturated carbocycles. The summed E-state index contributed by atoms with van der Waals surface area (Å²) in [5.41, 5.74) is -0.916. The molecule has 0 radical (unpaired) electrons. The predicted molar refractivity (Wildman–Crippen MR) is 124 cm³/mol. The van der Waals surface area contributed by atoms with Crippen molar-refractivity contribution in [2.24, 2.45) is 0 Å². The van der Waals surface area contributed by atoms with Crippen LogP contribution in [0.15, 0.2) is 36.5 Å². The number of methoxy groups -OCH3 is 1. The van der Waals surface area contributed by atoms with Crippen molar-refractivity contribution in [2.45, 2.75) is 57.9 Å². The number of halogens is 4. The van der Waals surface area contributed by atoms with Gasteiger partial charge >= 0.3 is 18.2 Å². The van der Waals surface area contributed by atoms with Crippen LogP contribution in [0.1, 0.15) is 48.8 Å². The number of nitrogens with zero attached hydrogens (tertiary/aromatic N) is 3. The Labute approximate surface area is 211 Å². The molecule has 2 amide bonds. The number of esters is 1. The second-order valence-corrected chi connectivity index (χ2v) is 9.51. The molecular weight excluding hydrogens is 498 g/mol. The van der Waals surface area contributed by atoms with Gasteiger partial charge in [-0.3, -0.25) is 14.7 Å². The van der Waals surface area contributed by atoms with E-state index in [9.17, 15) is 31.9 Å². The minimum atomic E-state index is -4.53. The lowest BCUT2D eigenvalue weighted by molar-refractivity contribution is -0.137. The van der Waals surface area contributed by atoms with Crippen LogP contribution in [0.2, 0.25) is 0 Å². The highest BCUT2D eigenvalue weighted by molar-refractivity contribution is 5.97. The number of pyridine rings is 1. The van der Waals surface area contributed by atoms with Crippen molar-refractivity contribution in [3.63, 3.8) is 0 Å². The third kappa shape index (κ3) is 6.75. The summed E-state index contributed by atoms with van der Waals surface area (Å²) in [6, 6.07) is 5.62. The van der Waals surface area contributed by atoms with Crippen molar-refractivity contribution in [3.05, 3.63) is 53.3 Å². The summed E-state index contributed by atoms with van der Waals surface area (Å²) in [4.78, 5) is 43.4. The maximum atomic E-state index is 14.3. The third-order valence-corrected chi connectivity index (χ3v) is 5.60. The normalized spacial score (nSPS) is 17.9. The van der Waals surface area contributed by atoms with Crippen LogP contribution in [0, 0.1) is 0 Å². The molecule has 1 aromatic heterocycles. The molecule has 200 valence electrons. The van der Waals surface area contributed by atoms with Gasteiger partial charge in [0.15, 0.2) is 0 Å². The van der Waals surface area contributed by atoms with Crippen LogP contribution in [-0.4, -0.2) is 64.8 Å². The van der Waals surface area contributed by atoms with E-state index in [0.29, 0.717) is 6.41 Å². The summed E-state index contributed by atoms with van der Waals surface area (Å²) in [5.74, 6) is -0.756. The van der Waals surface area contributed by atoms with Gasteiger partial charge in [-0.05, 0) is 50.1 Å². The van der Waals surface area contributed by atoms with Gasteiger partial charge in [-0.2, -0.15) is 13.2 Å². The van der Waals surface area contributed by atoms with E-state index in [1.165, 1.54) is 29.3 Å². The van der Waals surface area contributed by atoms with Crippen molar-refractivity contribution in [3.8, 4) is 11.1 Å². The first-order valence-electron chi connectivity index (χ1n) is 11.3. The lowest BCUT2D eigenvalue weighted by atomic mass is 9.99. The van der Waals surface area contributed by atoms with Crippen molar-refractivity contribution >= 4 is 18.5 Å². The summed E-state index contributed by atoms with van der Waals surface area (Å²) in [5, 5.41) is 0. The Hall–Kier alpha value is -3.70. The number of amides is 2. The quantitative estimate of drug-likeness (QED) is 0.305. The van der Waals surface area contributed by atoms with Gasteiger partial charge in [-0.15, -0.1) is 0 Å². The molecule has 2 unspecified atom stereocenters. The number of aromatic nitrogens is 1. The van der Waals surface area contributed by atoms with Gasteiger partial charge in [-0.25, -0.2) is 14.0 Å². The number of benzene rings is 1. The van der Waals surface area contributed by atoms with Gasteiger partial charge in [-0.1, -0.05) is 12.1 Å². The summed E-state index contributed by atoms with van der Waals surface area (Å²) in [6.45, 7) is 4.56. The van der Waals surface area contributed by atoms with E-state index in [4.69, 9.17) is 9.47 Å². The summed E-state index contributed by atoms with van der Waals surface area (Å²) in [6.07, 6.45) is -6.12. The number of likely N-dealkylation sites (tertiary alicyclic amines) is 1. The van der Waals surface area contributed by atoms with E-state index in [0.717, 1.165) is 24.1 Å². The second-order valence-electron chi connectivity index (χ2n) is 9.51. The minimum absolute atomic E-state index is 0.00346. The Kier molecular flexibility index (Phi) is 8.09. The average molecular weight is 525 g/mol. The molecular formula is C25H27F4N3O5. The fraction of sp³-hybridized carbons (Fsp3) is 0.440. The largest absolute Gasteiger partial charge is 0.465 e. The Morgan fingerprint density at radius 1 is 1.19 bits per heavy atom. The van der Waals surface area contributed by atoms with E-state index >= 15 is 0 Å². The van der Waals surface area contributed by atoms with Crippen LogP contribution in [0.5, 0.6) is 0 Å². The number of ether oxygens (including phenoxy) is 2. The average Bonchev–Trinajstić information content (AvgIpc) is 3.22. The van der Waals surface area contributed by atoms with Crippen molar-refractivity contribution < 1.29 is 41.4 Å². The van der Waals surface area contributed by atoms with Gasteiger partial charge in [0.2, 0.25) is 6.41 Å². The van der Waals surface area contributed by atoms with Gasteiger partial charge in [0.1, 0.15) is 17.9 Å². The lowest BCUT2D eigenvalue weighted by Gasteiger charge is -2.33.